The molecule has 0 spiro atoms. The van der Waals surface area contributed by atoms with Crippen LogP contribution in [0.1, 0.15) is 47.0 Å². The summed E-state index contributed by atoms with van der Waals surface area (Å²) in [6, 6.07) is 0. The lowest BCUT2D eigenvalue weighted by Crippen LogP contribution is -2.19. The summed E-state index contributed by atoms with van der Waals surface area (Å²) in [4.78, 5) is 0. The maximum Gasteiger partial charge on any atom is 0.0855 e. The summed E-state index contributed by atoms with van der Waals surface area (Å²) in [7, 11) is -1.94. The summed E-state index contributed by atoms with van der Waals surface area (Å²) in [5.74, 6) is 0. The molecule has 0 bridgehead atoms. The van der Waals surface area contributed by atoms with Gasteiger partial charge in [-0.15, -0.1) is 0 Å². The van der Waals surface area contributed by atoms with Crippen molar-refractivity contribution in [2.75, 3.05) is 19.5 Å². The number of hydrogen-bond acceptors (Lipinski definition) is 1. The summed E-state index contributed by atoms with van der Waals surface area (Å²) in [6.07, 6.45) is 11.1. The molecule has 0 fully saturated rings. The topological polar surface area (TPSA) is 17.1 Å². The predicted octanol–water partition coefficient (Wildman–Crippen LogP) is 5.64. The van der Waals surface area contributed by atoms with Crippen LogP contribution in [0.15, 0.2) is 34.9 Å². The van der Waals surface area contributed by atoms with E-state index >= 15 is 0 Å². The summed E-state index contributed by atoms with van der Waals surface area (Å²) < 4.78 is 11.7. The summed E-state index contributed by atoms with van der Waals surface area (Å²) in [5.41, 5.74) is 4.52. The Hall–Kier alpha value is -0.550. The molecule has 0 aliphatic heterocycles. The SMILES string of the molecule is CC1=C(/C=C/C(C)=C/CP(C)(C)=O)C(C)(C)CCC1. The van der Waals surface area contributed by atoms with Gasteiger partial charge in [-0.3, -0.25) is 0 Å². The van der Waals surface area contributed by atoms with E-state index in [0.717, 1.165) is 0 Å². The van der Waals surface area contributed by atoms with E-state index in [1.165, 1.54) is 36.0 Å². The van der Waals surface area contributed by atoms with Gasteiger partial charge >= 0.3 is 0 Å². The third-order valence-corrected chi connectivity index (χ3v) is 4.97. The van der Waals surface area contributed by atoms with E-state index in [1.54, 1.807) is 0 Å². The Bertz CT molecular complexity index is 458. The van der Waals surface area contributed by atoms with Gasteiger partial charge < -0.3 is 4.57 Å². The standard InChI is InChI=1S/C17H29OP/c1-14(11-13-19(5,6)18)9-10-16-15(2)8-7-12-17(16,3)4/h9-11H,7-8,12-13H2,1-6H3/b10-9+,14-11+. The molecule has 0 saturated heterocycles. The largest absolute Gasteiger partial charge is 0.324 e. The highest BCUT2D eigenvalue weighted by molar-refractivity contribution is 7.62. The van der Waals surface area contributed by atoms with Crippen LogP contribution in [0, 0.1) is 5.41 Å². The summed E-state index contributed by atoms with van der Waals surface area (Å²) >= 11 is 0. The van der Waals surface area contributed by atoms with Crippen LogP contribution >= 0.6 is 7.14 Å². The van der Waals surface area contributed by atoms with Crippen molar-refractivity contribution in [3.63, 3.8) is 0 Å². The fraction of sp³-hybridized carbons (Fsp3) is 0.647. The van der Waals surface area contributed by atoms with E-state index in [0.29, 0.717) is 11.6 Å². The van der Waals surface area contributed by atoms with Gasteiger partial charge in [0, 0.05) is 6.16 Å². The quantitative estimate of drug-likeness (QED) is 0.481. The average molecular weight is 280 g/mol. The Labute approximate surface area is 119 Å². The average Bonchev–Trinajstić information content (AvgIpc) is 2.23. The first-order chi connectivity index (χ1) is 8.62. The molecule has 0 saturated carbocycles. The first-order valence-electron chi connectivity index (χ1n) is 7.21. The third kappa shape index (κ3) is 5.53. The number of hydrogen-bond donors (Lipinski definition) is 0. The van der Waals surface area contributed by atoms with Crippen molar-refractivity contribution in [1.29, 1.82) is 0 Å². The molecule has 0 unspecified atom stereocenters. The fourth-order valence-corrected chi connectivity index (χ4v) is 3.38. The van der Waals surface area contributed by atoms with Crippen molar-refractivity contribution >= 4 is 7.14 Å². The molecule has 19 heavy (non-hydrogen) atoms. The maximum atomic E-state index is 11.7. The van der Waals surface area contributed by atoms with Crippen LogP contribution in [0.3, 0.4) is 0 Å². The van der Waals surface area contributed by atoms with Gasteiger partial charge in [0.1, 0.15) is 0 Å². The zero-order valence-electron chi connectivity index (χ0n) is 13.4. The van der Waals surface area contributed by atoms with Gasteiger partial charge in [-0.25, -0.2) is 0 Å². The van der Waals surface area contributed by atoms with E-state index in [1.807, 2.05) is 13.3 Å². The molecule has 108 valence electrons. The van der Waals surface area contributed by atoms with Gasteiger partial charge in [0.05, 0.1) is 7.14 Å². The van der Waals surface area contributed by atoms with Gasteiger partial charge in [0.2, 0.25) is 0 Å². The zero-order chi connectivity index (χ0) is 14.7. The Morgan fingerprint density at radius 3 is 2.53 bits per heavy atom. The van der Waals surface area contributed by atoms with Crippen LogP contribution < -0.4 is 0 Å². The normalized spacial score (nSPS) is 21.3. The molecule has 0 atom stereocenters. The molecule has 0 N–H and O–H groups in total. The number of allylic oxidation sites excluding steroid dienone is 6. The fourth-order valence-electron chi connectivity index (χ4n) is 2.66. The lowest BCUT2D eigenvalue weighted by Gasteiger charge is -2.32. The minimum atomic E-state index is -1.94. The molecular weight excluding hydrogens is 251 g/mol. The van der Waals surface area contributed by atoms with E-state index in [4.69, 9.17) is 0 Å². The van der Waals surface area contributed by atoms with Gasteiger partial charge in [-0.1, -0.05) is 43.2 Å². The minimum Gasteiger partial charge on any atom is -0.324 e. The van der Waals surface area contributed by atoms with Crippen LogP contribution in [0.2, 0.25) is 0 Å². The van der Waals surface area contributed by atoms with Crippen molar-refractivity contribution < 1.29 is 4.57 Å². The lowest BCUT2D eigenvalue weighted by atomic mass is 9.72. The Morgan fingerprint density at radius 1 is 1.37 bits per heavy atom. The van der Waals surface area contributed by atoms with E-state index in [-0.39, 0.29) is 0 Å². The lowest BCUT2D eigenvalue weighted by molar-refractivity contribution is 0.377. The monoisotopic (exact) mass is 280 g/mol. The predicted molar refractivity (Wildman–Crippen MR) is 87.6 cm³/mol. The number of rotatable bonds is 4. The maximum absolute atomic E-state index is 11.7. The highest BCUT2D eigenvalue weighted by atomic mass is 31.2. The van der Waals surface area contributed by atoms with Gasteiger partial charge in [0.25, 0.3) is 0 Å². The molecule has 1 rings (SSSR count). The first kappa shape index (κ1) is 16.5. The zero-order valence-corrected chi connectivity index (χ0v) is 14.3. The molecule has 2 heteroatoms. The molecule has 1 aliphatic carbocycles. The molecule has 1 nitrogen and oxygen atoms in total. The molecule has 0 aromatic carbocycles. The molecule has 0 aromatic heterocycles. The molecule has 0 amide bonds. The minimum absolute atomic E-state index is 0.296. The van der Waals surface area contributed by atoms with E-state index < -0.39 is 7.14 Å². The van der Waals surface area contributed by atoms with Gasteiger partial charge in [0.15, 0.2) is 0 Å². The highest BCUT2D eigenvalue weighted by Crippen LogP contribution is 2.41. The molecule has 0 heterocycles. The Balaban J connectivity index is 2.83. The van der Waals surface area contributed by atoms with Crippen molar-refractivity contribution in [3.8, 4) is 0 Å². The smallest absolute Gasteiger partial charge is 0.0855 e. The Morgan fingerprint density at radius 2 is 2.00 bits per heavy atom. The van der Waals surface area contributed by atoms with Gasteiger partial charge in [-0.2, -0.15) is 0 Å². The second kappa shape index (κ2) is 6.27. The van der Waals surface area contributed by atoms with Crippen molar-refractivity contribution in [2.24, 2.45) is 5.41 Å². The van der Waals surface area contributed by atoms with Crippen LogP contribution in [0.5, 0.6) is 0 Å². The summed E-state index contributed by atoms with van der Waals surface area (Å²) in [6.45, 7) is 12.7. The van der Waals surface area contributed by atoms with E-state index in [2.05, 4.69) is 45.9 Å². The first-order valence-corrected chi connectivity index (χ1v) is 9.99. The summed E-state index contributed by atoms with van der Waals surface area (Å²) in [5, 5.41) is 0. The Kier molecular flexibility index (Phi) is 5.44. The second-order valence-corrected chi connectivity index (χ2v) is 10.5. The molecule has 0 aromatic rings. The second-order valence-electron chi connectivity index (χ2n) is 6.97. The van der Waals surface area contributed by atoms with Crippen molar-refractivity contribution in [2.45, 2.75) is 47.0 Å². The van der Waals surface area contributed by atoms with Crippen molar-refractivity contribution in [1.82, 2.24) is 0 Å². The molecular formula is C17H29OP. The van der Waals surface area contributed by atoms with E-state index in [9.17, 15) is 4.57 Å². The highest BCUT2D eigenvalue weighted by Gasteiger charge is 2.26. The van der Waals surface area contributed by atoms with Crippen LogP contribution in [-0.4, -0.2) is 19.5 Å². The van der Waals surface area contributed by atoms with Gasteiger partial charge in [-0.05, 0) is 57.4 Å². The molecule has 1 aliphatic rings. The van der Waals surface area contributed by atoms with Crippen LogP contribution in [0.25, 0.3) is 0 Å². The van der Waals surface area contributed by atoms with Crippen LogP contribution in [0.4, 0.5) is 0 Å². The third-order valence-electron chi connectivity index (χ3n) is 3.91. The van der Waals surface area contributed by atoms with Crippen molar-refractivity contribution in [3.05, 3.63) is 34.9 Å². The van der Waals surface area contributed by atoms with Crippen LogP contribution in [-0.2, 0) is 4.57 Å². The molecule has 0 radical (unpaired) electrons.